The molecular formula is C22H22N2O5S. The van der Waals surface area contributed by atoms with Crippen LogP contribution < -0.4 is 19.5 Å². The van der Waals surface area contributed by atoms with Gasteiger partial charge in [-0.1, -0.05) is 24.3 Å². The lowest BCUT2D eigenvalue weighted by molar-refractivity contribution is 0.102. The average Bonchev–Trinajstić information content (AvgIpc) is 2.73. The van der Waals surface area contributed by atoms with Crippen LogP contribution in [0.5, 0.6) is 11.5 Å². The number of sulfonamides is 1. The Balaban J connectivity index is 1.93. The van der Waals surface area contributed by atoms with Gasteiger partial charge in [0.1, 0.15) is 16.4 Å². The summed E-state index contributed by atoms with van der Waals surface area (Å²) in [4.78, 5) is 12.7. The van der Waals surface area contributed by atoms with Crippen molar-refractivity contribution in [2.75, 3.05) is 24.3 Å². The maximum atomic E-state index is 13.0. The van der Waals surface area contributed by atoms with Crippen molar-refractivity contribution >= 4 is 27.3 Å². The molecule has 0 aliphatic rings. The zero-order valence-corrected chi connectivity index (χ0v) is 17.6. The second-order valence-corrected chi connectivity index (χ2v) is 8.14. The lowest BCUT2D eigenvalue weighted by Gasteiger charge is -2.15. The summed E-state index contributed by atoms with van der Waals surface area (Å²) < 4.78 is 38.9. The number of para-hydroxylation sites is 1. The van der Waals surface area contributed by atoms with Gasteiger partial charge in [-0.15, -0.1) is 0 Å². The Morgan fingerprint density at radius 2 is 1.67 bits per heavy atom. The smallest absolute Gasteiger partial charge is 0.265 e. The van der Waals surface area contributed by atoms with Crippen LogP contribution in [-0.4, -0.2) is 28.5 Å². The summed E-state index contributed by atoms with van der Waals surface area (Å²) >= 11 is 0. The Kier molecular flexibility index (Phi) is 6.27. The van der Waals surface area contributed by atoms with Gasteiger partial charge in [-0.3, -0.25) is 9.52 Å². The summed E-state index contributed by atoms with van der Waals surface area (Å²) in [6.07, 6.45) is 0. The van der Waals surface area contributed by atoms with Gasteiger partial charge in [0.25, 0.3) is 15.9 Å². The molecule has 0 aromatic heterocycles. The minimum absolute atomic E-state index is 0.0988. The number of nitrogens with one attached hydrogen (secondary N) is 2. The van der Waals surface area contributed by atoms with Crippen molar-refractivity contribution in [2.45, 2.75) is 11.8 Å². The molecule has 0 saturated heterocycles. The van der Waals surface area contributed by atoms with Gasteiger partial charge in [0.15, 0.2) is 0 Å². The number of carbonyl (C=O) groups excluding carboxylic acids is 1. The number of ether oxygens (including phenoxy) is 2. The minimum atomic E-state index is -4.06. The summed E-state index contributed by atoms with van der Waals surface area (Å²) in [6.45, 7) is 1.92. The van der Waals surface area contributed by atoms with Crippen LogP contribution in [0.1, 0.15) is 15.9 Å². The molecule has 8 heteroatoms. The first-order valence-electron chi connectivity index (χ1n) is 9.06. The fraction of sp³-hybridized carbons (Fsp3) is 0.136. The highest BCUT2D eigenvalue weighted by Crippen LogP contribution is 2.30. The number of methoxy groups -OCH3 is 2. The molecule has 1 amide bonds. The van der Waals surface area contributed by atoms with Crippen LogP contribution in [0.3, 0.4) is 0 Å². The highest BCUT2D eigenvalue weighted by atomic mass is 32.2. The molecule has 2 N–H and O–H groups in total. The Labute approximate surface area is 175 Å². The third kappa shape index (κ3) is 4.72. The van der Waals surface area contributed by atoms with Gasteiger partial charge in [0, 0.05) is 11.8 Å². The maximum Gasteiger partial charge on any atom is 0.265 e. The van der Waals surface area contributed by atoms with Crippen molar-refractivity contribution in [3.63, 3.8) is 0 Å². The first-order valence-corrected chi connectivity index (χ1v) is 10.5. The predicted molar refractivity (Wildman–Crippen MR) is 116 cm³/mol. The minimum Gasteiger partial charge on any atom is -0.497 e. The first kappa shape index (κ1) is 21.2. The molecule has 0 radical (unpaired) electrons. The zero-order chi connectivity index (χ0) is 21.7. The van der Waals surface area contributed by atoms with Crippen molar-refractivity contribution in [1.29, 1.82) is 0 Å². The van der Waals surface area contributed by atoms with Gasteiger partial charge >= 0.3 is 0 Å². The van der Waals surface area contributed by atoms with Crippen LogP contribution in [0, 0.1) is 6.92 Å². The zero-order valence-electron chi connectivity index (χ0n) is 16.8. The van der Waals surface area contributed by atoms with Crippen molar-refractivity contribution < 1.29 is 22.7 Å². The Hall–Kier alpha value is -3.52. The van der Waals surface area contributed by atoms with Crippen molar-refractivity contribution in [1.82, 2.24) is 0 Å². The molecule has 0 heterocycles. The summed E-state index contributed by atoms with van der Waals surface area (Å²) in [5, 5.41) is 2.79. The van der Waals surface area contributed by atoms with E-state index in [0.29, 0.717) is 11.4 Å². The molecule has 0 atom stereocenters. The number of benzene rings is 3. The number of hydrogen-bond donors (Lipinski definition) is 2. The summed E-state index contributed by atoms with van der Waals surface area (Å²) in [7, 11) is -1.24. The van der Waals surface area contributed by atoms with E-state index in [1.807, 2.05) is 25.1 Å². The third-order valence-electron chi connectivity index (χ3n) is 4.35. The Bertz CT molecular complexity index is 1180. The molecule has 156 valence electrons. The molecule has 3 rings (SSSR count). The van der Waals surface area contributed by atoms with Gasteiger partial charge in [-0.25, -0.2) is 8.42 Å². The molecular weight excluding hydrogens is 404 g/mol. The number of rotatable bonds is 7. The van der Waals surface area contributed by atoms with E-state index in [1.165, 1.54) is 32.4 Å². The molecule has 3 aromatic carbocycles. The quantitative estimate of drug-likeness (QED) is 0.594. The van der Waals surface area contributed by atoms with Crippen LogP contribution in [0.2, 0.25) is 0 Å². The van der Waals surface area contributed by atoms with E-state index in [2.05, 4.69) is 10.0 Å². The SMILES string of the molecule is COc1ccc(OC)c(S(=O)(=O)Nc2ccccc2C(=O)Nc2cccc(C)c2)c1. The lowest BCUT2D eigenvalue weighted by atomic mass is 10.1. The van der Waals surface area contributed by atoms with E-state index in [0.717, 1.165) is 5.56 Å². The van der Waals surface area contributed by atoms with Gasteiger partial charge < -0.3 is 14.8 Å². The monoisotopic (exact) mass is 426 g/mol. The van der Waals surface area contributed by atoms with Crippen LogP contribution >= 0.6 is 0 Å². The number of aryl methyl sites for hydroxylation is 1. The fourth-order valence-corrected chi connectivity index (χ4v) is 4.15. The summed E-state index contributed by atoms with van der Waals surface area (Å²) in [5.41, 5.74) is 1.94. The standard InChI is InChI=1S/C22H22N2O5S/c1-15-7-6-8-16(13-15)23-22(25)18-9-4-5-10-19(18)24-30(26,27)21-14-17(28-2)11-12-20(21)29-3/h4-14,24H,1-3H3,(H,23,25). The van der Waals surface area contributed by atoms with Gasteiger partial charge in [0.2, 0.25) is 0 Å². The van der Waals surface area contributed by atoms with E-state index in [4.69, 9.17) is 9.47 Å². The molecule has 0 saturated carbocycles. The number of hydrogen-bond acceptors (Lipinski definition) is 5. The number of amides is 1. The maximum absolute atomic E-state index is 13.0. The normalized spacial score (nSPS) is 10.9. The highest BCUT2D eigenvalue weighted by molar-refractivity contribution is 7.92. The summed E-state index contributed by atoms with van der Waals surface area (Å²) in [6, 6.07) is 18.2. The van der Waals surface area contributed by atoms with Crippen LogP contribution in [-0.2, 0) is 10.0 Å². The molecule has 0 aliphatic carbocycles. The summed E-state index contributed by atoms with van der Waals surface area (Å²) in [5.74, 6) is 0.0863. The van der Waals surface area contributed by atoms with E-state index >= 15 is 0 Å². The third-order valence-corrected chi connectivity index (χ3v) is 5.74. The molecule has 0 unspecified atom stereocenters. The van der Waals surface area contributed by atoms with Crippen molar-refractivity contribution in [3.05, 3.63) is 77.9 Å². The molecule has 7 nitrogen and oxygen atoms in total. The van der Waals surface area contributed by atoms with Gasteiger partial charge in [-0.05, 0) is 48.9 Å². The first-order chi connectivity index (χ1) is 14.3. The van der Waals surface area contributed by atoms with Crippen molar-refractivity contribution in [2.24, 2.45) is 0 Å². The van der Waals surface area contributed by atoms with Crippen molar-refractivity contribution in [3.8, 4) is 11.5 Å². The van der Waals surface area contributed by atoms with E-state index in [9.17, 15) is 13.2 Å². The second-order valence-electron chi connectivity index (χ2n) is 6.49. The fourth-order valence-electron chi connectivity index (χ4n) is 2.89. The molecule has 3 aromatic rings. The number of anilines is 2. The molecule has 0 aliphatic heterocycles. The molecule has 0 bridgehead atoms. The molecule has 0 fully saturated rings. The van der Waals surface area contributed by atoms with E-state index < -0.39 is 15.9 Å². The van der Waals surface area contributed by atoms with Crippen LogP contribution in [0.25, 0.3) is 0 Å². The van der Waals surface area contributed by atoms with Crippen LogP contribution in [0.4, 0.5) is 11.4 Å². The highest BCUT2D eigenvalue weighted by Gasteiger charge is 2.23. The number of carbonyl (C=O) groups is 1. The van der Waals surface area contributed by atoms with Crippen LogP contribution in [0.15, 0.2) is 71.6 Å². The largest absolute Gasteiger partial charge is 0.497 e. The van der Waals surface area contributed by atoms with Gasteiger partial charge in [-0.2, -0.15) is 0 Å². The molecule has 0 spiro atoms. The lowest BCUT2D eigenvalue weighted by Crippen LogP contribution is -2.19. The topological polar surface area (TPSA) is 93.7 Å². The second kappa shape index (κ2) is 8.87. The van der Waals surface area contributed by atoms with E-state index in [1.54, 1.807) is 30.3 Å². The Morgan fingerprint density at radius 1 is 0.900 bits per heavy atom. The predicted octanol–water partition coefficient (Wildman–Crippen LogP) is 4.07. The molecule has 30 heavy (non-hydrogen) atoms. The average molecular weight is 426 g/mol. The Morgan fingerprint density at radius 3 is 2.37 bits per heavy atom. The van der Waals surface area contributed by atoms with E-state index in [-0.39, 0.29) is 21.9 Å². The van der Waals surface area contributed by atoms with Gasteiger partial charge in [0.05, 0.1) is 25.5 Å².